The van der Waals surface area contributed by atoms with Crippen molar-refractivity contribution in [2.75, 3.05) is 13.8 Å². The fourth-order valence-corrected chi connectivity index (χ4v) is 3.24. The smallest absolute Gasteiger partial charge is 0.282 e. The third-order valence-corrected chi connectivity index (χ3v) is 4.54. The molecule has 0 bridgehead atoms. The summed E-state index contributed by atoms with van der Waals surface area (Å²) in [7, 11) is 0.500. The Morgan fingerprint density at radius 1 is 1.07 bits per heavy atom. The molecule has 0 fully saturated rings. The Morgan fingerprint density at radius 2 is 1.83 bits per heavy atom. The van der Waals surface area contributed by atoms with Crippen LogP contribution in [0.15, 0.2) is 65.7 Å². The first-order valence-electron chi connectivity index (χ1n) is 9.13. The van der Waals surface area contributed by atoms with Gasteiger partial charge in [0.25, 0.3) is 6.02 Å². The Morgan fingerprint density at radius 3 is 2.57 bits per heavy atom. The number of nitrogens with zero attached hydrogens (tertiary/aromatic N) is 2. The van der Waals surface area contributed by atoms with Gasteiger partial charge in [-0.25, -0.2) is 14.4 Å². The number of alkyl halides is 1. The summed E-state index contributed by atoms with van der Waals surface area (Å²) in [6.45, 7) is 0.390. The maximum atomic E-state index is 14.3. The molecule has 5 nitrogen and oxygen atoms in total. The first-order chi connectivity index (χ1) is 14.6. The molecular weight excluding hydrogens is 412 g/mol. The predicted octanol–water partition coefficient (Wildman–Crippen LogP) is 5.70. The van der Waals surface area contributed by atoms with E-state index in [1.54, 1.807) is 18.2 Å². The van der Waals surface area contributed by atoms with E-state index in [0.29, 0.717) is 42.6 Å². The van der Waals surface area contributed by atoms with Crippen LogP contribution < -0.4 is 10.5 Å². The maximum absolute atomic E-state index is 14.3. The minimum absolute atomic E-state index is 0.0611. The SMILES string of the molecule is CF.NC1=NC(c2cc(Oc3cc(-c4ccccc4)cc(Cl)n3)ccc2F)CCO1. The molecule has 30 heavy (non-hydrogen) atoms. The van der Waals surface area contributed by atoms with Gasteiger partial charge in [-0.05, 0) is 35.4 Å². The van der Waals surface area contributed by atoms with Crippen LogP contribution in [0.5, 0.6) is 11.6 Å². The van der Waals surface area contributed by atoms with Crippen molar-refractivity contribution in [2.24, 2.45) is 10.7 Å². The molecule has 1 aliphatic rings. The van der Waals surface area contributed by atoms with Crippen molar-refractivity contribution in [1.82, 2.24) is 4.98 Å². The van der Waals surface area contributed by atoms with Crippen LogP contribution in [-0.4, -0.2) is 24.8 Å². The lowest BCUT2D eigenvalue weighted by molar-refractivity contribution is 0.254. The van der Waals surface area contributed by atoms with Gasteiger partial charge in [0.1, 0.15) is 16.7 Å². The lowest BCUT2D eigenvalue weighted by atomic mass is 10.0. The summed E-state index contributed by atoms with van der Waals surface area (Å²) in [5.41, 5.74) is 7.87. The van der Waals surface area contributed by atoms with Gasteiger partial charge in [0, 0.05) is 18.1 Å². The van der Waals surface area contributed by atoms with Crippen molar-refractivity contribution in [3.63, 3.8) is 0 Å². The molecule has 8 heteroatoms. The zero-order chi connectivity index (χ0) is 21.5. The number of hydrogen-bond donors (Lipinski definition) is 1. The minimum atomic E-state index is -0.412. The number of hydrogen-bond acceptors (Lipinski definition) is 5. The molecule has 1 atom stereocenters. The van der Waals surface area contributed by atoms with Crippen molar-refractivity contribution >= 4 is 17.6 Å². The number of pyridine rings is 1. The second-order valence-electron chi connectivity index (χ2n) is 6.29. The van der Waals surface area contributed by atoms with E-state index in [2.05, 4.69) is 9.98 Å². The fraction of sp³-hybridized carbons (Fsp3) is 0.182. The van der Waals surface area contributed by atoms with Gasteiger partial charge >= 0.3 is 0 Å². The van der Waals surface area contributed by atoms with Crippen LogP contribution in [-0.2, 0) is 4.74 Å². The highest BCUT2D eigenvalue weighted by atomic mass is 35.5. The maximum Gasteiger partial charge on any atom is 0.282 e. The minimum Gasteiger partial charge on any atom is -0.465 e. The monoisotopic (exact) mass is 431 g/mol. The van der Waals surface area contributed by atoms with E-state index in [1.165, 1.54) is 12.1 Å². The average Bonchev–Trinajstić information content (AvgIpc) is 2.77. The molecule has 1 aromatic heterocycles. The third-order valence-electron chi connectivity index (χ3n) is 4.35. The molecule has 0 saturated heterocycles. The van der Waals surface area contributed by atoms with Gasteiger partial charge in [-0.2, -0.15) is 0 Å². The van der Waals surface area contributed by atoms with Crippen LogP contribution in [0.2, 0.25) is 5.15 Å². The zero-order valence-corrected chi connectivity index (χ0v) is 16.9. The van der Waals surface area contributed by atoms with Gasteiger partial charge in [0.2, 0.25) is 5.88 Å². The molecule has 156 valence electrons. The zero-order valence-electron chi connectivity index (χ0n) is 16.2. The number of benzene rings is 2. The summed E-state index contributed by atoms with van der Waals surface area (Å²) in [6.07, 6.45) is 0.536. The summed E-state index contributed by atoms with van der Waals surface area (Å²) in [5, 5.41) is 0.306. The predicted molar refractivity (Wildman–Crippen MR) is 113 cm³/mol. The van der Waals surface area contributed by atoms with Gasteiger partial charge in [-0.15, -0.1) is 0 Å². The van der Waals surface area contributed by atoms with E-state index in [0.717, 1.165) is 11.1 Å². The van der Waals surface area contributed by atoms with Crippen LogP contribution in [0.25, 0.3) is 11.1 Å². The van der Waals surface area contributed by atoms with Crippen LogP contribution in [0.3, 0.4) is 0 Å². The van der Waals surface area contributed by atoms with Crippen molar-refractivity contribution in [3.05, 3.63) is 77.2 Å². The average molecular weight is 432 g/mol. The summed E-state index contributed by atoms with van der Waals surface area (Å²) < 4.78 is 34.8. The Labute approximate surface area is 178 Å². The number of rotatable bonds is 4. The Bertz CT molecular complexity index is 1030. The molecule has 2 aromatic carbocycles. The van der Waals surface area contributed by atoms with Crippen molar-refractivity contribution in [1.29, 1.82) is 0 Å². The molecule has 0 spiro atoms. The molecule has 4 rings (SSSR count). The van der Waals surface area contributed by atoms with Gasteiger partial charge in [0.05, 0.1) is 19.8 Å². The van der Waals surface area contributed by atoms with Crippen molar-refractivity contribution < 1.29 is 18.3 Å². The van der Waals surface area contributed by atoms with E-state index in [-0.39, 0.29) is 11.8 Å². The van der Waals surface area contributed by atoms with Gasteiger partial charge in [0.15, 0.2) is 0 Å². The highest BCUT2D eigenvalue weighted by Gasteiger charge is 2.20. The Hall–Kier alpha value is -3.19. The first-order valence-corrected chi connectivity index (χ1v) is 9.50. The summed E-state index contributed by atoms with van der Waals surface area (Å²) in [6, 6.07) is 17.4. The summed E-state index contributed by atoms with van der Waals surface area (Å²) >= 11 is 6.16. The van der Waals surface area contributed by atoms with E-state index < -0.39 is 6.04 Å². The number of aromatic nitrogens is 1. The van der Waals surface area contributed by atoms with Crippen LogP contribution >= 0.6 is 11.6 Å². The summed E-state index contributed by atoms with van der Waals surface area (Å²) in [4.78, 5) is 8.38. The number of halogens is 3. The number of aliphatic imine (C=N–C) groups is 1. The van der Waals surface area contributed by atoms with E-state index in [9.17, 15) is 8.78 Å². The molecule has 1 unspecified atom stereocenters. The normalized spacial score (nSPS) is 15.3. The number of nitrogens with two attached hydrogens (primary N) is 1. The highest BCUT2D eigenvalue weighted by molar-refractivity contribution is 6.29. The molecule has 0 amide bonds. The third kappa shape index (κ3) is 5.24. The topological polar surface area (TPSA) is 69.7 Å². The van der Waals surface area contributed by atoms with Crippen LogP contribution in [0.4, 0.5) is 8.78 Å². The van der Waals surface area contributed by atoms with Crippen molar-refractivity contribution in [2.45, 2.75) is 12.5 Å². The molecular formula is C22H20ClF2N3O2. The largest absolute Gasteiger partial charge is 0.465 e. The molecule has 2 heterocycles. The van der Waals surface area contributed by atoms with Crippen LogP contribution in [0, 0.1) is 5.82 Å². The van der Waals surface area contributed by atoms with Crippen LogP contribution in [0.1, 0.15) is 18.0 Å². The van der Waals surface area contributed by atoms with E-state index in [1.807, 2.05) is 30.3 Å². The second kappa shape index (κ2) is 10.0. The number of ether oxygens (including phenoxy) is 2. The fourth-order valence-electron chi connectivity index (χ4n) is 3.04. The standard InChI is InChI=1S/C21H17ClFN3O2.CH3F/c22-19-10-14(13-4-2-1-3-5-13)11-20(26-19)28-15-6-7-17(23)16(12-15)18-8-9-27-21(24)25-18;1-2/h1-7,10-12,18H,8-9H2,(H2,24,25);1H3. The Balaban J connectivity index is 0.00000124. The molecule has 3 aromatic rings. The molecule has 0 aliphatic carbocycles. The van der Waals surface area contributed by atoms with E-state index >= 15 is 0 Å². The highest BCUT2D eigenvalue weighted by Crippen LogP contribution is 2.32. The Kier molecular flexibility index (Phi) is 7.19. The molecule has 0 radical (unpaired) electrons. The quantitative estimate of drug-likeness (QED) is 0.538. The first kappa shape index (κ1) is 21.5. The number of amidine groups is 1. The van der Waals surface area contributed by atoms with Crippen molar-refractivity contribution in [3.8, 4) is 22.8 Å². The summed E-state index contributed by atoms with van der Waals surface area (Å²) in [5.74, 6) is 0.379. The second-order valence-corrected chi connectivity index (χ2v) is 6.68. The van der Waals surface area contributed by atoms with E-state index in [4.69, 9.17) is 26.8 Å². The van der Waals surface area contributed by atoms with Gasteiger partial charge in [-0.3, -0.25) is 4.39 Å². The lowest BCUT2D eigenvalue weighted by Gasteiger charge is -2.20. The molecule has 2 N–H and O–H groups in total. The molecule has 1 aliphatic heterocycles. The van der Waals surface area contributed by atoms with Gasteiger partial charge < -0.3 is 15.2 Å². The molecule has 0 saturated carbocycles. The lowest BCUT2D eigenvalue weighted by Crippen LogP contribution is -2.24. The van der Waals surface area contributed by atoms with Gasteiger partial charge in [-0.1, -0.05) is 41.9 Å².